The first-order valence-corrected chi connectivity index (χ1v) is 4.20. The summed E-state index contributed by atoms with van der Waals surface area (Å²) < 4.78 is 0. The number of nitrogens with one attached hydrogen (secondary N) is 1. The highest BCUT2D eigenvalue weighted by molar-refractivity contribution is 5.74. The van der Waals surface area contributed by atoms with Gasteiger partial charge in [-0.1, -0.05) is 20.3 Å². The van der Waals surface area contributed by atoms with Crippen molar-refractivity contribution in [3.8, 4) is 0 Å². The fourth-order valence-corrected chi connectivity index (χ4v) is 0.903. The van der Waals surface area contributed by atoms with Crippen LogP contribution in [0.1, 0.15) is 27.2 Å². The van der Waals surface area contributed by atoms with Gasteiger partial charge in [-0.05, 0) is 12.8 Å². The molecule has 0 aromatic heterocycles. The van der Waals surface area contributed by atoms with Gasteiger partial charge in [0.1, 0.15) is 0 Å². The number of rotatable bonds is 4. The Morgan fingerprint density at radius 3 is 2.36 bits per heavy atom. The molecule has 0 aromatic carbocycles. The molecule has 3 nitrogen and oxygen atoms in total. The molecule has 0 saturated heterocycles. The van der Waals surface area contributed by atoms with Crippen molar-refractivity contribution in [3.63, 3.8) is 0 Å². The van der Waals surface area contributed by atoms with Crippen molar-refractivity contribution in [2.24, 2.45) is 11.7 Å². The van der Waals surface area contributed by atoms with Crippen molar-refractivity contribution < 1.29 is 0 Å². The number of nitrogens with two attached hydrogens (primary N) is 1. The Bertz CT molecular complexity index is 123. The largest absolute Gasteiger partial charge is 0.370 e. The van der Waals surface area contributed by atoms with E-state index in [-0.39, 0.29) is 5.96 Å². The summed E-state index contributed by atoms with van der Waals surface area (Å²) in [4.78, 5) is 1.88. The fraction of sp³-hybridized carbons (Fsp3) is 0.875. The van der Waals surface area contributed by atoms with Gasteiger partial charge < -0.3 is 10.6 Å². The molecule has 3 heteroatoms. The maximum absolute atomic E-state index is 7.22. The average molecular weight is 157 g/mol. The van der Waals surface area contributed by atoms with E-state index in [0.29, 0.717) is 5.92 Å². The van der Waals surface area contributed by atoms with E-state index in [9.17, 15) is 0 Å². The Kier molecular flexibility index (Phi) is 4.66. The van der Waals surface area contributed by atoms with Crippen LogP contribution in [0.3, 0.4) is 0 Å². The molecule has 3 N–H and O–H groups in total. The van der Waals surface area contributed by atoms with Crippen LogP contribution in [0.15, 0.2) is 0 Å². The molecular weight excluding hydrogens is 138 g/mol. The monoisotopic (exact) mass is 157 g/mol. The van der Waals surface area contributed by atoms with E-state index in [1.807, 2.05) is 11.8 Å². The molecule has 0 saturated carbocycles. The quantitative estimate of drug-likeness (QED) is 0.476. The summed E-state index contributed by atoms with van der Waals surface area (Å²) in [5.74, 6) is 0.812. The van der Waals surface area contributed by atoms with Crippen molar-refractivity contribution in [1.82, 2.24) is 4.90 Å². The van der Waals surface area contributed by atoms with Crippen molar-refractivity contribution in [1.29, 1.82) is 5.41 Å². The predicted molar refractivity (Wildman–Crippen MR) is 48.6 cm³/mol. The molecule has 0 spiro atoms. The summed E-state index contributed by atoms with van der Waals surface area (Å²) >= 11 is 0. The average Bonchev–Trinajstić information content (AvgIpc) is 1.99. The van der Waals surface area contributed by atoms with E-state index in [1.54, 1.807) is 0 Å². The van der Waals surface area contributed by atoms with Crippen LogP contribution >= 0.6 is 0 Å². The van der Waals surface area contributed by atoms with E-state index in [0.717, 1.165) is 19.5 Å². The van der Waals surface area contributed by atoms with Gasteiger partial charge in [-0.25, -0.2) is 0 Å². The molecule has 1 atom stereocenters. The fourth-order valence-electron chi connectivity index (χ4n) is 0.903. The van der Waals surface area contributed by atoms with Crippen LogP contribution in [0.2, 0.25) is 0 Å². The van der Waals surface area contributed by atoms with E-state index < -0.39 is 0 Å². The molecule has 0 aliphatic carbocycles. The molecule has 66 valence electrons. The molecule has 0 bridgehead atoms. The third kappa shape index (κ3) is 3.86. The predicted octanol–water partition coefficient (Wildman–Crippen LogP) is 1.25. The molecule has 0 aliphatic rings. The minimum absolute atomic E-state index is 0.188. The topological polar surface area (TPSA) is 53.1 Å². The normalized spacial score (nSPS) is 12.6. The van der Waals surface area contributed by atoms with Gasteiger partial charge in [0.05, 0.1) is 0 Å². The van der Waals surface area contributed by atoms with Gasteiger partial charge in [0, 0.05) is 13.1 Å². The minimum Gasteiger partial charge on any atom is -0.370 e. The van der Waals surface area contributed by atoms with E-state index >= 15 is 0 Å². The van der Waals surface area contributed by atoms with Crippen LogP contribution in [0.5, 0.6) is 0 Å². The Balaban J connectivity index is 3.77. The zero-order chi connectivity index (χ0) is 8.85. The Morgan fingerprint density at radius 1 is 1.55 bits per heavy atom. The molecule has 0 radical (unpaired) electrons. The standard InChI is InChI=1S/C8H19N3/c1-4-7(3)6-11(5-2)8(9)10/h7H,4-6H2,1-3H3,(H3,9,10). The Labute approximate surface area is 69.1 Å². The van der Waals surface area contributed by atoms with Gasteiger partial charge in [-0.3, -0.25) is 5.41 Å². The smallest absolute Gasteiger partial charge is 0.188 e. The first-order valence-electron chi connectivity index (χ1n) is 4.20. The number of nitrogens with zero attached hydrogens (tertiary/aromatic N) is 1. The molecule has 0 fully saturated rings. The summed E-state index contributed by atoms with van der Waals surface area (Å²) in [7, 11) is 0. The third-order valence-corrected chi connectivity index (χ3v) is 1.95. The summed E-state index contributed by atoms with van der Waals surface area (Å²) in [6, 6.07) is 0. The molecule has 0 rings (SSSR count). The zero-order valence-corrected chi connectivity index (χ0v) is 7.72. The lowest BCUT2D eigenvalue weighted by molar-refractivity contribution is 0.354. The van der Waals surface area contributed by atoms with Gasteiger partial charge in [0.15, 0.2) is 5.96 Å². The Morgan fingerprint density at radius 2 is 2.09 bits per heavy atom. The molecule has 0 aromatic rings. The maximum Gasteiger partial charge on any atom is 0.188 e. The summed E-state index contributed by atoms with van der Waals surface area (Å²) in [5.41, 5.74) is 5.36. The first kappa shape index (κ1) is 10.3. The third-order valence-electron chi connectivity index (χ3n) is 1.95. The van der Waals surface area contributed by atoms with Gasteiger partial charge in [0.25, 0.3) is 0 Å². The highest BCUT2D eigenvalue weighted by atomic mass is 15.2. The van der Waals surface area contributed by atoms with E-state index in [4.69, 9.17) is 11.1 Å². The van der Waals surface area contributed by atoms with Gasteiger partial charge in [0.2, 0.25) is 0 Å². The van der Waals surface area contributed by atoms with Crippen LogP contribution in [-0.2, 0) is 0 Å². The molecule has 1 unspecified atom stereocenters. The number of hydrogen-bond donors (Lipinski definition) is 2. The molecule has 11 heavy (non-hydrogen) atoms. The van der Waals surface area contributed by atoms with Crippen LogP contribution in [0.25, 0.3) is 0 Å². The van der Waals surface area contributed by atoms with Gasteiger partial charge >= 0.3 is 0 Å². The lowest BCUT2D eigenvalue weighted by atomic mass is 10.1. The van der Waals surface area contributed by atoms with Crippen LogP contribution in [0, 0.1) is 11.3 Å². The minimum atomic E-state index is 0.188. The van der Waals surface area contributed by atoms with Crippen molar-refractivity contribution in [2.75, 3.05) is 13.1 Å². The summed E-state index contributed by atoms with van der Waals surface area (Å²) in [6.07, 6.45) is 1.14. The van der Waals surface area contributed by atoms with Crippen LogP contribution < -0.4 is 5.73 Å². The van der Waals surface area contributed by atoms with Crippen molar-refractivity contribution in [2.45, 2.75) is 27.2 Å². The lowest BCUT2D eigenvalue weighted by Gasteiger charge is -2.23. The van der Waals surface area contributed by atoms with Gasteiger partial charge in [-0.2, -0.15) is 0 Å². The van der Waals surface area contributed by atoms with E-state index in [2.05, 4.69) is 13.8 Å². The highest BCUT2D eigenvalue weighted by Gasteiger charge is 2.07. The first-order chi connectivity index (χ1) is 5.11. The summed E-state index contributed by atoms with van der Waals surface area (Å²) in [6.45, 7) is 8.08. The Hall–Kier alpha value is -0.730. The molecule has 0 heterocycles. The van der Waals surface area contributed by atoms with Crippen LogP contribution in [-0.4, -0.2) is 23.9 Å². The second kappa shape index (κ2) is 4.99. The van der Waals surface area contributed by atoms with Crippen molar-refractivity contribution >= 4 is 5.96 Å². The number of hydrogen-bond acceptors (Lipinski definition) is 1. The second-order valence-electron chi connectivity index (χ2n) is 2.94. The molecular formula is C8H19N3. The SMILES string of the molecule is CCC(C)CN(CC)C(=N)N. The van der Waals surface area contributed by atoms with Gasteiger partial charge in [-0.15, -0.1) is 0 Å². The van der Waals surface area contributed by atoms with E-state index in [1.165, 1.54) is 0 Å². The number of guanidine groups is 1. The summed E-state index contributed by atoms with van der Waals surface area (Å²) in [5, 5.41) is 7.22. The highest BCUT2D eigenvalue weighted by Crippen LogP contribution is 2.02. The lowest BCUT2D eigenvalue weighted by Crippen LogP contribution is -2.38. The molecule has 0 aliphatic heterocycles. The van der Waals surface area contributed by atoms with Crippen LogP contribution in [0.4, 0.5) is 0 Å². The molecule has 0 amide bonds. The second-order valence-corrected chi connectivity index (χ2v) is 2.94. The van der Waals surface area contributed by atoms with Crippen molar-refractivity contribution in [3.05, 3.63) is 0 Å². The zero-order valence-electron chi connectivity index (χ0n) is 7.72. The maximum atomic E-state index is 7.22.